The van der Waals surface area contributed by atoms with Gasteiger partial charge in [0.2, 0.25) is 22.9 Å². The van der Waals surface area contributed by atoms with Crippen molar-refractivity contribution < 1.29 is 0 Å². The Labute approximate surface area is 603 Å². The lowest BCUT2D eigenvalue weighted by Gasteiger charge is -2.18. The molecule has 0 amide bonds. The molecule has 0 bridgehead atoms. The van der Waals surface area contributed by atoms with E-state index in [1.165, 1.54) is 66.7 Å². The summed E-state index contributed by atoms with van der Waals surface area (Å²) in [5.41, 5.74) is 1.04. The van der Waals surface area contributed by atoms with Crippen LogP contribution in [-0.2, 0) is 0 Å². The minimum absolute atomic E-state index is 0.0204. The summed E-state index contributed by atoms with van der Waals surface area (Å²) in [7, 11) is 0. The molecular weight excluding hydrogens is 1370 g/mol. The summed E-state index contributed by atoms with van der Waals surface area (Å²) in [6.07, 6.45) is 3.08. The number of allylic oxidation sites excluding steroid dienone is 2. The number of benzene rings is 5. The average Bonchev–Trinajstić information content (AvgIpc) is 1.54. The van der Waals surface area contributed by atoms with Gasteiger partial charge in [0, 0.05) is 0 Å². The van der Waals surface area contributed by atoms with Crippen LogP contribution >= 0.6 is 0 Å². The number of nitrogens with zero attached hydrogens (tertiary/aromatic N) is 33. The summed E-state index contributed by atoms with van der Waals surface area (Å²) in [5, 5.41) is 93.5. The highest BCUT2D eigenvalue weighted by molar-refractivity contribution is 5.93. The van der Waals surface area contributed by atoms with Crippen LogP contribution in [0.3, 0.4) is 0 Å². The molecule has 5 aromatic carbocycles. The molecule has 4 aliphatic heterocycles. The molecule has 9 aromatic rings. The lowest BCUT2D eigenvalue weighted by Crippen LogP contribution is -2.36. The second kappa shape index (κ2) is 27.6. The van der Waals surface area contributed by atoms with E-state index < -0.39 is 47.4 Å². The Hall–Kier alpha value is -19.1. The fourth-order valence-corrected chi connectivity index (χ4v) is 11.1. The average molecular weight is 1390 g/mol. The van der Waals surface area contributed by atoms with Crippen LogP contribution in [0.15, 0.2) is 137 Å². The van der Waals surface area contributed by atoms with Crippen LogP contribution in [0.25, 0.3) is 82.5 Å². The maximum Gasteiger partial charge on any atom is 0.338 e. The number of aliphatic imine (C=N–C) groups is 1. The number of hydrogen-bond donors (Lipinski definition) is 3. The van der Waals surface area contributed by atoms with E-state index in [1.807, 2.05) is 42.5 Å². The van der Waals surface area contributed by atoms with Gasteiger partial charge in [-0.1, -0.05) is 12.2 Å². The molecule has 0 fully saturated rings. The standard InChI is InChI=1S/C36H14N18.C36H6N18/c1-41-20-8-26-24(6-16(20)12-37)46-31(47-26)18(14-39)33-52-34(19(15-40)32-48-28-10-22(43-3)23(44-4)11-29(28)49-32)54-36(53-33)30(45-5)35-50-25-7-17(13-38)21(42-2)9-27(25)51-35;1-42-21-8-27-26(7-18(21)13-39)50-35(51-27)30(45-4)36-53-33(19(14-40)31-46-24-5-16(11-37)17(12-38)6-25(24)47-31)52-34(54-36)20(15-41)32-48-28-9-22(43-2)23(44-3)10-29(28)49-32/h6-11,18-19,28-30H,(H,46,47)(H,48,49)(H,50,51);5-10H/b;35-30-. The third-order valence-corrected chi connectivity index (χ3v) is 16.1. The zero-order valence-corrected chi connectivity index (χ0v) is 53.6. The molecule has 1 aliphatic carbocycles. The van der Waals surface area contributed by atoms with E-state index in [0.717, 1.165) is 0 Å². The van der Waals surface area contributed by atoms with Crippen molar-refractivity contribution in [3.05, 3.63) is 311 Å². The van der Waals surface area contributed by atoms with Crippen LogP contribution < -0.4 is 37.5 Å². The minimum atomic E-state index is -1.36. The number of aromatic nitrogens is 10. The highest BCUT2D eigenvalue weighted by Gasteiger charge is 2.38. The second-order valence-corrected chi connectivity index (χ2v) is 22.2. The molecule has 5 aliphatic rings. The molecule has 5 atom stereocenters. The molecule has 0 radical (unpaired) electrons. The lowest BCUT2D eigenvalue weighted by atomic mass is 10.0. The van der Waals surface area contributed by atoms with Crippen LogP contribution in [0, 0.1) is 161 Å². The van der Waals surface area contributed by atoms with Crippen molar-refractivity contribution in [2.75, 3.05) is 0 Å². The van der Waals surface area contributed by atoms with Gasteiger partial charge in [-0.3, -0.25) is 29.2 Å². The molecule has 14 rings (SSSR count). The van der Waals surface area contributed by atoms with E-state index in [1.54, 1.807) is 6.08 Å². The van der Waals surface area contributed by atoms with Gasteiger partial charge in [0.25, 0.3) is 5.70 Å². The Morgan fingerprint density at radius 3 is 1.26 bits per heavy atom. The summed E-state index contributed by atoms with van der Waals surface area (Å²) >= 11 is 0. The van der Waals surface area contributed by atoms with Crippen molar-refractivity contribution in [3.63, 3.8) is 0 Å². The van der Waals surface area contributed by atoms with Crippen LogP contribution in [0.1, 0.15) is 92.3 Å². The fraction of sp³-hybridized carbons (Fsp3) is 0.0694. The van der Waals surface area contributed by atoms with Gasteiger partial charge in [0.15, 0.2) is 87.0 Å². The summed E-state index contributed by atoms with van der Waals surface area (Å²) in [6, 6.07) is 29.0. The zero-order chi connectivity index (χ0) is 76.2. The normalized spacial score (nSPS) is 15.0. The first kappa shape index (κ1) is 67.4. The molecule has 108 heavy (non-hydrogen) atoms. The van der Waals surface area contributed by atoms with Crippen molar-refractivity contribution >= 4 is 73.2 Å². The van der Waals surface area contributed by atoms with Gasteiger partial charge >= 0.3 is 6.04 Å². The number of rotatable bonds is 9. The molecule has 8 heterocycles. The third-order valence-electron chi connectivity index (χ3n) is 16.1. The van der Waals surface area contributed by atoms with E-state index in [0.29, 0.717) is 22.1 Å². The van der Waals surface area contributed by atoms with Crippen LogP contribution in [-0.4, -0.2) is 67.8 Å². The Bertz CT molecular complexity index is 6470. The monoisotopic (exact) mass is 1390 g/mol. The van der Waals surface area contributed by atoms with Crippen molar-refractivity contribution in [2.24, 2.45) is 34.9 Å². The molecule has 36 nitrogen and oxygen atoms in total. The highest BCUT2D eigenvalue weighted by atomic mass is 15.2. The maximum absolute atomic E-state index is 10.5. The molecule has 3 N–H and O–H groups in total. The molecule has 4 aromatic heterocycles. The van der Waals surface area contributed by atoms with E-state index >= 15 is 0 Å². The second-order valence-electron chi connectivity index (χ2n) is 22.2. The topological polar surface area (TPSA) is 487 Å². The number of imidazole rings is 2. The summed E-state index contributed by atoms with van der Waals surface area (Å²) in [4.78, 5) is 103. The van der Waals surface area contributed by atoms with E-state index in [9.17, 15) is 47.4 Å². The quantitative estimate of drug-likeness (QED) is 0.0964. The Morgan fingerprint density at radius 2 is 0.806 bits per heavy atom. The number of nitrogens with one attached hydrogen (secondary N) is 3. The maximum atomic E-state index is 10.5. The Kier molecular flexibility index (Phi) is 17.3. The first-order chi connectivity index (χ1) is 52.6. The Morgan fingerprint density at radius 1 is 0.398 bits per heavy atom. The lowest BCUT2D eigenvalue weighted by molar-refractivity contribution is 0.682. The van der Waals surface area contributed by atoms with E-state index in [2.05, 4.69) is 146 Å². The van der Waals surface area contributed by atoms with Gasteiger partial charge in [-0.2, -0.15) is 47.4 Å². The SMILES string of the molecule is [C-]#[N+]/C(=C1/N=c2cc(C#N)c([N+]#[C-])cc2=N1)c1nc(C(C#N)=C2N=c3cc(C#N)c(C#N)cc3=N2)nc(C(C#N)=C2N=c3cc([N+]#[C-])c([N+]#[C-])cc3=N2)n1.[C-]#[N+]C1=CC2N=C(C(C#N)c3nc(C(C#N)c4nc5cc(C#N)c([N+]#[C-])cc5[nH]4)nc(C([N+]#[C-])c4nc5cc(C#N)c([N+]#[C-])cc5[nH]4)n3)NC2C=C1[N+]#[C-]. The Balaban J connectivity index is 0.000000190. The molecule has 0 saturated carbocycles. The van der Waals surface area contributed by atoms with Gasteiger partial charge in [0.1, 0.15) is 47.1 Å². The predicted molar refractivity (Wildman–Crippen MR) is 363 cm³/mol. The number of nitriles is 9. The molecular formula is C72H20N36. The fourth-order valence-electron chi connectivity index (χ4n) is 11.1. The number of H-pyrrole nitrogens is 2. The first-order valence-electron chi connectivity index (χ1n) is 30.0. The van der Waals surface area contributed by atoms with Crippen molar-refractivity contribution in [1.82, 2.24) is 55.2 Å². The van der Waals surface area contributed by atoms with E-state index in [4.69, 9.17) is 59.1 Å². The molecule has 488 valence electrons. The van der Waals surface area contributed by atoms with Gasteiger partial charge in [-0.05, 0) is 60.7 Å². The van der Waals surface area contributed by atoms with Crippen molar-refractivity contribution in [3.8, 4) is 54.6 Å². The molecule has 0 spiro atoms. The van der Waals surface area contributed by atoms with Gasteiger partial charge in [-0.15, -0.1) is 0 Å². The van der Waals surface area contributed by atoms with Gasteiger partial charge < -0.3 is 15.3 Å². The number of fused-ring (bicyclic) bond motifs is 6. The number of aromatic amines is 2. The number of hydrogen-bond acceptors (Lipinski definition) is 25. The van der Waals surface area contributed by atoms with Crippen molar-refractivity contribution in [1.29, 1.82) is 47.4 Å². The third kappa shape index (κ3) is 11.8. The smallest absolute Gasteiger partial charge is 0.338 e. The number of amidine groups is 1. The molecule has 0 saturated heterocycles. The van der Waals surface area contributed by atoms with Crippen molar-refractivity contribution in [2.45, 2.75) is 30.0 Å². The van der Waals surface area contributed by atoms with E-state index in [-0.39, 0.29) is 169 Å². The molecule has 5 unspecified atom stereocenters. The summed E-state index contributed by atoms with van der Waals surface area (Å²) in [5.74, 6) is -4.83. The highest BCUT2D eigenvalue weighted by Crippen LogP contribution is 2.36. The molecule has 36 heteroatoms. The van der Waals surface area contributed by atoms with Gasteiger partial charge in [-0.25, -0.2) is 95.8 Å². The first-order valence-corrected chi connectivity index (χ1v) is 30.0. The summed E-state index contributed by atoms with van der Waals surface area (Å²) in [6.45, 7) is 68.2. The van der Waals surface area contributed by atoms with Crippen LogP contribution in [0.2, 0.25) is 0 Å². The van der Waals surface area contributed by atoms with Crippen LogP contribution in [0.4, 0.5) is 28.4 Å². The van der Waals surface area contributed by atoms with Crippen LogP contribution in [0.5, 0.6) is 0 Å². The predicted octanol–water partition coefficient (Wildman–Crippen LogP) is 7.03. The minimum Gasteiger partial charge on any atom is -0.365 e. The van der Waals surface area contributed by atoms with Gasteiger partial charge in [0.05, 0.1) is 177 Å². The zero-order valence-electron chi connectivity index (χ0n) is 53.6. The largest absolute Gasteiger partial charge is 0.365 e. The summed E-state index contributed by atoms with van der Waals surface area (Å²) < 4.78 is 0.